The number of carboxylic acids is 1. The van der Waals surface area contributed by atoms with Gasteiger partial charge in [0.15, 0.2) is 0 Å². The van der Waals surface area contributed by atoms with Crippen LogP contribution >= 0.6 is 0 Å². The lowest BCUT2D eigenvalue weighted by atomic mass is 9.74. The fraction of sp³-hybridized carbons (Fsp3) is 0.688. The fourth-order valence-corrected chi connectivity index (χ4v) is 3.50. The average Bonchev–Trinajstić information content (AvgIpc) is 3.28. The van der Waals surface area contributed by atoms with Gasteiger partial charge in [-0.25, -0.2) is 0 Å². The monoisotopic (exact) mass is 305 g/mol. The molecule has 1 aromatic rings. The molecule has 3 rings (SSSR count). The Morgan fingerprint density at radius 1 is 1.36 bits per heavy atom. The van der Waals surface area contributed by atoms with Gasteiger partial charge in [0.2, 0.25) is 0 Å². The summed E-state index contributed by atoms with van der Waals surface area (Å²) in [6.45, 7) is 0.208. The van der Waals surface area contributed by atoms with Crippen LogP contribution in [0.2, 0.25) is 0 Å². The maximum Gasteiger partial charge on any atom is 0.311 e. The fourth-order valence-electron chi connectivity index (χ4n) is 3.50. The Morgan fingerprint density at radius 2 is 2.05 bits per heavy atom. The van der Waals surface area contributed by atoms with E-state index in [1.165, 1.54) is 0 Å². The first kappa shape index (κ1) is 15.1. The van der Waals surface area contributed by atoms with Crippen molar-refractivity contribution in [3.8, 4) is 0 Å². The summed E-state index contributed by atoms with van der Waals surface area (Å²) in [5.74, 6) is -0.557. The first-order valence-corrected chi connectivity index (χ1v) is 8.07. The largest absolute Gasteiger partial charge is 0.481 e. The summed E-state index contributed by atoms with van der Waals surface area (Å²) in [4.78, 5) is 24.1. The van der Waals surface area contributed by atoms with Crippen LogP contribution in [0.25, 0.3) is 0 Å². The highest BCUT2D eigenvalue weighted by atomic mass is 16.4. The number of hydrogen-bond donors (Lipinski definition) is 2. The molecule has 22 heavy (non-hydrogen) atoms. The maximum atomic E-state index is 12.5. The van der Waals surface area contributed by atoms with Gasteiger partial charge >= 0.3 is 5.97 Å². The van der Waals surface area contributed by atoms with Gasteiger partial charge in [-0.3, -0.25) is 14.3 Å². The van der Waals surface area contributed by atoms with Crippen LogP contribution in [0.1, 0.15) is 66.9 Å². The maximum absolute atomic E-state index is 12.5. The summed E-state index contributed by atoms with van der Waals surface area (Å²) in [5.41, 5.74) is 0.780. The van der Waals surface area contributed by atoms with Gasteiger partial charge < -0.3 is 10.4 Å². The molecule has 0 bridgehead atoms. The highest BCUT2D eigenvalue weighted by Crippen LogP contribution is 2.41. The number of nitrogens with zero attached hydrogens (tertiary/aromatic N) is 2. The van der Waals surface area contributed by atoms with E-state index in [4.69, 9.17) is 0 Å². The zero-order chi connectivity index (χ0) is 15.7. The highest BCUT2D eigenvalue weighted by molar-refractivity contribution is 5.95. The molecule has 0 atom stereocenters. The van der Waals surface area contributed by atoms with Crippen molar-refractivity contribution in [2.75, 3.05) is 6.54 Å². The standard InChI is InChI=1S/C16H23N3O3/c1-19-13(11-5-6-11)12(9-18-19)14(20)17-10-16(15(21)22)7-3-2-4-8-16/h9,11H,2-8,10H2,1H3,(H,17,20)(H,21,22). The lowest BCUT2D eigenvalue weighted by Gasteiger charge is -2.33. The van der Waals surface area contributed by atoms with Gasteiger partial charge in [0.1, 0.15) is 0 Å². The Bertz CT molecular complexity index is 583. The third kappa shape index (κ3) is 2.74. The third-order valence-corrected chi connectivity index (χ3v) is 5.04. The predicted octanol–water partition coefficient (Wildman–Crippen LogP) is 2.06. The minimum absolute atomic E-state index is 0.193. The number of amides is 1. The van der Waals surface area contributed by atoms with Crippen molar-refractivity contribution in [2.24, 2.45) is 12.5 Å². The van der Waals surface area contributed by atoms with E-state index in [0.717, 1.165) is 37.8 Å². The molecule has 2 saturated carbocycles. The van der Waals surface area contributed by atoms with Crippen molar-refractivity contribution in [1.82, 2.24) is 15.1 Å². The third-order valence-electron chi connectivity index (χ3n) is 5.04. The van der Waals surface area contributed by atoms with Gasteiger partial charge in [0, 0.05) is 19.5 Å². The molecular formula is C16H23N3O3. The molecule has 1 heterocycles. The lowest BCUT2D eigenvalue weighted by Crippen LogP contribution is -2.44. The zero-order valence-corrected chi connectivity index (χ0v) is 13.0. The summed E-state index contributed by atoms with van der Waals surface area (Å²) in [5, 5.41) is 16.6. The number of carboxylic acid groups (broad SMARTS) is 1. The Labute approximate surface area is 129 Å². The van der Waals surface area contributed by atoms with E-state index < -0.39 is 11.4 Å². The number of aromatic nitrogens is 2. The predicted molar refractivity (Wildman–Crippen MR) is 80.7 cm³/mol. The van der Waals surface area contributed by atoms with Gasteiger partial charge in [0.25, 0.3) is 5.91 Å². The van der Waals surface area contributed by atoms with Gasteiger partial charge in [-0.05, 0) is 25.7 Å². The second kappa shape index (κ2) is 5.74. The van der Waals surface area contributed by atoms with Gasteiger partial charge in [-0.1, -0.05) is 19.3 Å². The lowest BCUT2D eigenvalue weighted by molar-refractivity contribution is -0.150. The number of nitrogens with one attached hydrogen (secondary N) is 1. The van der Waals surface area contributed by atoms with Crippen LogP contribution in [-0.2, 0) is 11.8 Å². The van der Waals surface area contributed by atoms with E-state index in [9.17, 15) is 14.7 Å². The Hall–Kier alpha value is -1.85. The summed E-state index contributed by atoms with van der Waals surface area (Å²) in [6.07, 6.45) is 7.99. The second-order valence-corrected chi connectivity index (χ2v) is 6.67. The first-order chi connectivity index (χ1) is 10.5. The molecule has 2 aliphatic rings. The molecule has 2 N–H and O–H groups in total. The second-order valence-electron chi connectivity index (χ2n) is 6.67. The normalized spacial score (nSPS) is 20.6. The van der Waals surface area contributed by atoms with Crippen LogP contribution in [-0.4, -0.2) is 33.3 Å². The minimum Gasteiger partial charge on any atom is -0.481 e. The van der Waals surface area contributed by atoms with Crippen molar-refractivity contribution < 1.29 is 14.7 Å². The molecule has 120 valence electrons. The molecule has 0 radical (unpaired) electrons. The molecule has 6 nitrogen and oxygen atoms in total. The van der Waals surface area contributed by atoms with Crippen LogP contribution in [0.3, 0.4) is 0 Å². The van der Waals surface area contributed by atoms with Gasteiger partial charge in [0.05, 0.1) is 22.9 Å². The summed E-state index contributed by atoms with van der Waals surface area (Å²) in [7, 11) is 1.85. The molecule has 2 fully saturated rings. The molecule has 1 amide bonds. The van der Waals surface area contributed by atoms with Crippen molar-refractivity contribution in [3.63, 3.8) is 0 Å². The number of hydrogen-bond acceptors (Lipinski definition) is 3. The van der Waals surface area contributed by atoms with Crippen molar-refractivity contribution >= 4 is 11.9 Å². The number of aryl methyl sites for hydroxylation is 1. The van der Waals surface area contributed by atoms with Gasteiger partial charge in [-0.2, -0.15) is 5.10 Å². The van der Waals surface area contributed by atoms with E-state index >= 15 is 0 Å². The highest BCUT2D eigenvalue weighted by Gasteiger charge is 2.40. The van der Waals surface area contributed by atoms with Crippen LogP contribution in [0.15, 0.2) is 6.20 Å². The summed E-state index contributed by atoms with van der Waals surface area (Å²) in [6, 6.07) is 0. The molecule has 2 aliphatic carbocycles. The van der Waals surface area contributed by atoms with Crippen molar-refractivity contribution in [2.45, 2.75) is 50.9 Å². The summed E-state index contributed by atoms with van der Waals surface area (Å²) >= 11 is 0. The number of carbonyl (C=O) groups is 2. The summed E-state index contributed by atoms with van der Waals surface area (Å²) < 4.78 is 1.76. The van der Waals surface area contributed by atoms with Gasteiger partial charge in [-0.15, -0.1) is 0 Å². The van der Waals surface area contributed by atoms with Crippen molar-refractivity contribution in [1.29, 1.82) is 0 Å². The Balaban J connectivity index is 1.70. The molecule has 0 spiro atoms. The molecular weight excluding hydrogens is 282 g/mol. The minimum atomic E-state index is -0.796. The van der Waals surface area contributed by atoms with E-state index in [1.807, 2.05) is 7.05 Å². The zero-order valence-electron chi connectivity index (χ0n) is 13.0. The van der Waals surface area contributed by atoms with E-state index in [0.29, 0.717) is 24.3 Å². The average molecular weight is 305 g/mol. The van der Waals surface area contributed by atoms with Crippen molar-refractivity contribution in [3.05, 3.63) is 17.5 Å². The molecule has 0 aliphatic heterocycles. The quantitative estimate of drug-likeness (QED) is 0.872. The molecule has 0 aromatic carbocycles. The van der Waals surface area contributed by atoms with E-state index in [1.54, 1.807) is 10.9 Å². The first-order valence-electron chi connectivity index (χ1n) is 8.07. The molecule has 0 unspecified atom stereocenters. The van der Waals surface area contributed by atoms with Crippen LogP contribution < -0.4 is 5.32 Å². The van der Waals surface area contributed by atoms with Crippen LogP contribution in [0.5, 0.6) is 0 Å². The Kier molecular flexibility index (Phi) is 3.93. The van der Waals surface area contributed by atoms with E-state index in [-0.39, 0.29) is 12.5 Å². The van der Waals surface area contributed by atoms with E-state index in [2.05, 4.69) is 10.4 Å². The Morgan fingerprint density at radius 3 is 2.64 bits per heavy atom. The van der Waals surface area contributed by atoms with Crippen LogP contribution in [0, 0.1) is 5.41 Å². The molecule has 6 heteroatoms. The number of carbonyl (C=O) groups excluding carboxylic acids is 1. The smallest absolute Gasteiger partial charge is 0.311 e. The topological polar surface area (TPSA) is 84.2 Å². The number of rotatable bonds is 5. The van der Waals surface area contributed by atoms with Crippen LogP contribution in [0.4, 0.5) is 0 Å². The molecule has 1 aromatic heterocycles. The number of aliphatic carboxylic acids is 1. The SMILES string of the molecule is Cn1ncc(C(=O)NCC2(C(=O)O)CCCCC2)c1C1CC1. The molecule has 0 saturated heterocycles.